The Morgan fingerprint density at radius 1 is 1.35 bits per heavy atom. The van der Waals surface area contributed by atoms with Crippen LogP contribution in [-0.4, -0.2) is 41.8 Å². The molecule has 0 radical (unpaired) electrons. The molecule has 0 aromatic carbocycles. The van der Waals surface area contributed by atoms with Gasteiger partial charge in [0.05, 0.1) is 12.1 Å². The van der Waals surface area contributed by atoms with Crippen molar-refractivity contribution in [3.05, 3.63) is 0 Å². The Kier molecular flexibility index (Phi) is 4.33. The van der Waals surface area contributed by atoms with Gasteiger partial charge in [0.1, 0.15) is 0 Å². The molecule has 2 fully saturated rings. The summed E-state index contributed by atoms with van der Waals surface area (Å²) >= 11 is 0. The number of carbonyl (C=O) groups is 1. The highest BCUT2D eigenvalue weighted by Gasteiger charge is 2.48. The van der Waals surface area contributed by atoms with Crippen LogP contribution in [0.5, 0.6) is 0 Å². The molecular formula is C14H22F3NO2. The number of alkyl halides is 3. The summed E-state index contributed by atoms with van der Waals surface area (Å²) in [6.07, 6.45) is -1.70. The highest BCUT2D eigenvalue weighted by atomic mass is 19.4. The SMILES string of the molecule is CC1(C)CN(C(=O)CCCC2CC2)CC(C(F)(F)F)O1. The molecule has 116 valence electrons. The van der Waals surface area contributed by atoms with Gasteiger partial charge in [-0.25, -0.2) is 0 Å². The lowest BCUT2D eigenvalue weighted by molar-refractivity contribution is -0.270. The van der Waals surface area contributed by atoms with Crippen molar-refractivity contribution in [2.45, 2.75) is 63.8 Å². The predicted molar refractivity (Wildman–Crippen MR) is 68.2 cm³/mol. The Morgan fingerprint density at radius 3 is 2.55 bits per heavy atom. The van der Waals surface area contributed by atoms with E-state index in [0.717, 1.165) is 18.8 Å². The number of ether oxygens (including phenoxy) is 1. The van der Waals surface area contributed by atoms with Gasteiger partial charge in [-0.3, -0.25) is 4.79 Å². The van der Waals surface area contributed by atoms with E-state index >= 15 is 0 Å². The molecule has 1 atom stereocenters. The number of carbonyl (C=O) groups excluding carboxylic acids is 1. The van der Waals surface area contributed by atoms with E-state index in [0.29, 0.717) is 6.42 Å². The van der Waals surface area contributed by atoms with E-state index in [4.69, 9.17) is 4.74 Å². The summed E-state index contributed by atoms with van der Waals surface area (Å²) in [4.78, 5) is 13.4. The number of hydrogen-bond acceptors (Lipinski definition) is 2. The summed E-state index contributed by atoms with van der Waals surface area (Å²) in [6, 6.07) is 0. The highest BCUT2D eigenvalue weighted by Crippen LogP contribution is 2.35. The van der Waals surface area contributed by atoms with Crippen molar-refractivity contribution >= 4 is 5.91 Å². The van der Waals surface area contributed by atoms with Gasteiger partial charge in [0.2, 0.25) is 5.91 Å². The van der Waals surface area contributed by atoms with Crippen molar-refractivity contribution in [3.63, 3.8) is 0 Å². The van der Waals surface area contributed by atoms with Crippen LogP contribution in [0, 0.1) is 5.92 Å². The second-order valence-electron chi connectivity index (χ2n) is 6.52. The number of hydrogen-bond donors (Lipinski definition) is 0. The van der Waals surface area contributed by atoms with Crippen molar-refractivity contribution < 1.29 is 22.7 Å². The van der Waals surface area contributed by atoms with Crippen LogP contribution in [0.2, 0.25) is 0 Å². The average Bonchev–Trinajstić information content (AvgIpc) is 3.09. The molecule has 1 amide bonds. The highest BCUT2D eigenvalue weighted by molar-refractivity contribution is 5.76. The molecule has 0 bridgehead atoms. The van der Waals surface area contributed by atoms with Gasteiger partial charge in [-0.15, -0.1) is 0 Å². The van der Waals surface area contributed by atoms with E-state index in [1.807, 2.05) is 0 Å². The van der Waals surface area contributed by atoms with Crippen molar-refractivity contribution in [1.82, 2.24) is 4.90 Å². The summed E-state index contributed by atoms with van der Waals surface area (Å²) in [5.74, 6) is 0.558. The molecule has 0 spiro atoms. The van der Waals surface area contributed by atoms with Crippen molar-refractivity contribution in [2.24, 2.45) is 5.92 Å². The Morgan fingerprint density at radius 2 is 2.00 bits per heavy atom. The van der Waals surface area contributed by atoms with Crippen LogP contribution in [0.3, 0.4) is 0 Å². The molecule has 6 heteroatoms. The molecule has 2 rings (SSSR count). The lowest BCUT2D eigenvalue weighted by Crippen LogP contribution is -2.58. The van der Waals surface area contributed by atoms with Crippen LogP contribution in [0.1, 0.15) is 46.0 Å². The fourth-order valence-corrected chi connectivity index (χ4v) is 2.65. The van der Waals surface area contributed by atoms with Gasteiger partial charge in [0.25, 0.3) is 0 Å². The lowest BCUT2D eigenvalue weighted by atomic mass is 10.0. The van der Waals surface area contributed by atoms with Crippen LogP contribution in [0.15, 0.2) is 0 Å². The topological polar surface area (TPSA) is 29.5 Å². The summed E-state index contributed by atoms with van der Waals surface area (Å²) in [5.41, 5.74) is -0.954. The normalized spacial score (nSPS) is 26.6. The molecule has 1 saturated carbocycles. The second-order valence-corrected chi connectivity index (χ2v) is 6.52. The van der Waals surface area contributed by atoms with E-state index in [9.17, 15) is 18.0 Å². The van der Waals surface area contributed by atoms with E-state index < -0.39 is 17.9 Å². The first-order chi connectivity index (χ1) is 9.17. The number of morpholine rings is 1. The number of rotatable bonds is 4. The molecule has 1 aliphatic carbocycles. The Balaban J connectivity index is 1.89. The summed E-state index contributed by atoms with van der Waals surface area (Å²) in [6.45, 7) is 3.03. The lowest BCUT2D eigenvalue weighted by Gasteiger charge is -2.43. The Hall–Kier alpha value is -0.780. The van der Waals surface area contributed by atoms with Crippen LogP contribution in [-0.2, 0) is 9.53 Å². The van der Waals surface area contributed by atoms with Gasteiger partial charge in [-0.1, -0.05) is 12.8 Å². The maximum absolute atomic E-state index is 12.8. The van der Waals surface area contributed by atoms with E-state index in [1.54, 1.807) is 13.8 Å². The Bertz CT molecular complexity index is 364. The number of amides is 1. The van der Waals surface area contributed by atoms with Crippen LogP contribution < -0.4 is 0 Å². The van der Waals surface area contributed by atoms with Gasteiger partial charge < -0.3 is 9.64 Å². The molecule has 0 N–H and O–H groups in total. The van der Waals surface area contributed by atoms with Gasteiger partial charge in [0, 0.05) is 13.0 Å². The monoisotopic (exact) mass is 293 g/mol. The third kappa shape index (κ3) is 4.36. The van der Waals surface area contributed by atoms with Crippen LogP contribution in [0.4, 0.5) is 13.2 Å². The zero-order valence-electron chi connectivity index (χ0n) is 12.0. The average molecular weight is 293 g/mol. The molecule has 1 heterocycles. The minimum absolute atomic E-state index is 0.184. The number of nitrogens with zero attached hydrogens (tertiary/aromatic N) is 1. The van der Waals surface area contributed by atoms with Gasteiger partial charge in [-0.2, -0.15) is 13.2 Å². The molecule has 1 aliphatic heterocycles. The largest absolute Gasteiger partial charge is 0.416 e. The first kappa shape index (κ1) is 15.6. The first-order valence-corrected chi connectivity index (χ1v) is 7.20. The molecule has 0 aromatic rings. The standard InChI is InChI=1S/C14H22F3NO2/c1-13(2)9-18(8-11(20-13)14(15,16)17)12(19)5-3-4-10-6-7-10/h10-11H,3-9H2,1-2H3. The molecule has 2 aliphatic rings. The number of halogens is 3. The summed E-state index contributed by atoms with van der Waals surface area (Å²) < 4.78 is 43.5. The zero-order chi connectivity index (χ0) is 15.0. The third-order valence-electron chi connectivity index (χ3n) is 3.84. The molecule has 20 heavy (non-hydrogen) atoms. The van der Waals surface area contributed by atoms with Crippen LogP contribution >= 0.6 is 0 Å². The predicted octanol–water partition coefficient (Wildman–Crippen LogP) is 3.14. The van der Waals surface area contributed by atoms with E-state index in [2.05, 4.69) is 0 Å². The molecule has 0 aromatic heterocycles. The Labute approximate surface area is 117 Å². The smallest absolute Gasteiger partial charge is 0.359 e. The molecule has 1 saturated heterocycles. The maximum atomic E-state index is 12.8. The quantitative estimate of drug-likeness (QED) is 0.797. The van der Waals surface area contributed by atoms with Crippen molar-refractivity contribution in [3.8, 4) is 0 Å². The fourth-order valence-electron chi connectivity index (χ4n) is 2.65. The minimum atomic E-state index is -4.43. The second kappa shape index (κ2) is 5.54. The van der Waals surface area contributed by atoms with Crippen molar-refractivity contribution in [1.29, 1.82) is 0 Å². The molecule has 3 nitrogen and oxygen atoms in total. The minimum Gasteiger partial charge on any atom is -0.359 e. The summed E-state index contributed by atoms with van der Waals surface area (Å²) in [7, 11) is 0. The fraction of sp³-hybridized carbons (Fsp3) is 0.929. The molecular weight excluding hydrogens is 271 g/mol. The maximum Gasteiger partial charge on any atom is 0.416 e. The van der Waals surface area contributed by atoms with Gasteiger partial charge in [-0.05, 0) is 32.6 Å². The van der Waals surface area contributed by atoms with Gasteiger partial charge in [0.15, 0.2) is 6.10 Å². The van der Waals surface area contributed by atoms with Crippen molar-refractivity contribution in [2.75, 3.05) is 13.1 Å². The zero-order valence-corrected chi connectivity index (χ0v) is 12.0. The van der Waals surface area contributed by atoms with Crippen LogP contribution in [0.25, 0.3) is 0 Å². The first-order valence-electron chi connectivity index (χ1n) is 7.20. The third-order valence-corrected chi connectivity index (χ3v) is 3.84. The van der Waals surface area contributed by atoms with E-state index in [1.165, 1.54) is 17.7 Å². The summed E-state index contributed by atoms with van der Waals surface area (Å²) in [5, 5.41) is 0. The molecule has 1 unspecified atom stereocenters. The van der Waals surface area contributed by atoms with Gasteiger partial charge >= 0.3 is 6.18 Å². The van der Waals surface area contributed by atoms with E-state index in [-0.39, 0.29) is 19.0 Å².